The lowest BCUT2D eigenvalue weighted by Crippen LogP contribution is -1.88. The lowest BCUT2D eigenvalue weighted by atomic mass is 9.99. The zero-order chi connectivity index (χ0) is 11.0. The Hall–Kier alpha value is -1.60. The lowest BCUT2D eigenvalue weighted by Gasteiger charge is -2.06. The van der Waals surface area contributed by atoms with Crippen molar-refractivity contribution in [3.05, 3.63) is 59.7 Å². The highest BCUT2D eigenvalue weighted by molar-refractivity contribution is 5.64. The van der Waals surface area contributed by atoms with E-state index in [9.17, 15) is 0 Å². The number of epoxide rings is 1. The smallest absolute Gasteiger partial charge is 0.106 e. The maximum Gasteiger partial charge on any atom is 0.106 e. The largest absolute Gasteiger partial charge is 0.368 e. The number of benzene rings is 2. The second-order valence-electron chi connectivity index (χ2n) is 4.26. The van der Waals surface area contributed by atoms with Crippen molar-refractivity contribution in [2.24, 2.45) is 0 Å². The van der Waals surface area contributed by atoms with Crippen molar-refractivity contribution >= 4 is 0 Å². The highest BCUT2D eigenvalue weighted by Gasteiger charge is 2.26. The van der Waals surface area contributed by atoms with E-state index >= 15 is 0 Å². The van der Waals surface area contributed by atoms with Gasteiger partial charge >= 0.3 is 0 Å². The molecule has 1 saturated heterocycles. The first kappa shape index (κ1) is 9.61. The van der Waals surface area contributed by atoms with E-state index in [1.165, 1.54) is 22.3 Å². The minimum atomic E-state index is 0.352. The third-order valence-corrected chi connectivity index (χ3v) is 3.06. The molecular formula is C15H14O. The van der Waals surface area contributed by atoms with Gasteiger partial charge in [-0.1, -0.05) is 48.5 Å². The summed E-state index contributed by atoms with van der Waals surface area (Å²) in [7, 11) is 0. The zero-order valence-corrected chi connectivity index (χ0v) is 9.31. The normalized spacial score (nSPS) is 18.4. The molecule has 1 nitrogen and oxygen atoms in total. The molecule has 80 valence electrons. The second-order valence-corrected chi connectivity index (χ2v) is 4.26. The average Bonchev–Trinajstić information content (AvgIpc) is 3.14. The Balaban J connectivity index is 2.00. The van der Waals surface area contributed by atoms with Crippen molar-refractivity contribution in [2.45, 2.75) is 13.0 Å². The van der Waals surface area contributed by atoms with E-state index in [2.05, 4.69) is 49.4 Å². The molecule has 1 atom stereocenters. The third-order valence-electron chi connectivity index (χ3n) is 3.06. The first-order valence-corrected chi connectivity index (χ1v) is 5.62. The van der Waals surface area contributed by atoms with Crippen LogP contribution in [0.25, 0.3) is 11.1 Å². The Morgan fingerprint density at radius 3 is 2.38 bits per heavy atom. The molecule has 0 spiro atoms. The molecule has 1 heteroatoms. The molecule has 2 aromatic rings. The van der Waals surface area contributed by atoms with Gasteiger partial charge in [0.2, 0.25) is 0 Å². The molecule has 1 unspecified atom stereocenters. The average molecular weight is 210 g/mol. The SMILES string of the molecule is Cc1cc(-c2ccccc2)ccc1C1CO1. The van der Waals surface area contributed by atoms with Crippen LogP contribution in [0.4, 0.5) is 0 Å². The van der Waals surface area contributed by atoms with E-state index in [-0.39, 0.29) is 0 Å². The first-order chi connectivity index (χ1) is 7.84. The van der Waals surface area contributed by atoms with Crippen molar-refractivity contribution in [1.29, 1.82) is 0 Å². The highest BCUT2D eigenvalue weighted by Crippen LogP contribution is 2.33. The van der Waals surface area contributed by atoms with Crippen molar-refractivity contribution in [2.75, 3.05) is 6.61 Å². The number of aryl methyl sites for hydroxylation is 1. The molecule has 0 aliphatic carbocycles. The van der Waals surface area contributed by atoms with Gasteiger partial charge < -0.3 is 4.74 Å². The predicted molar refractivity (Wildman–Crippen MR) is 65.3 cm³/mol. The summed E-state index contributed by atoms with van der Waals surface area (Å²) in [5, 5.41) is 0. The second kappa shape index (κ2) is 3.76. The fraction of sp³-hybridized carbons (Fsp3) is 0.200. The van der Waals surface area contributed by atoms with Crippen LogP contribution < -0.4 is 0 Å². The monoisotopic (exact) mass is 210 g/mol. The van der Waals surface area contributed by atoms with Gasteiger partial charge in [-0.15, -0.1) is 0 Å². The van der Waals surface area contributed by atoms with Crippen LogP contribution in [-0.4, -0.2) is 6.61 Å². The molecule has 1 aliphatic heterocycles. The van der Waals surface area contributed by atoms with Crippen molar-refractivity contribution in [3.63, 3.8) is 0 Å². The molecule has 3 rings (SSSR count). The molecule has 1 fully saturated rings. The van der Waals surface area contributed by atoms with E-state index in [1.807, 2.05) is 6.07 Å². The number of ether oxygens (including phenoxy) is 1. The van der Waals surface area contributed by atoms with E-state index in [1.54, 1.807) is 0 Å². The quantitative estimate of drug-likeness (QED) is 0.688. The standard InChI is InChI=1S/C15H14O/c1-11-9-13(12-5-3-2-4-6-12)7-8-14(11)15-10-16-15/h2-9,15H,10H2,1H3. The van der Waals surface area contributed by atoms with E-state index in [4.69, 9.17) is 4.74 Å². The summed E-state index contributed by atoms with van der Waals surface area (Å²) in [6.45, 7) is 3.04. The summed E-state index contributed by atoms with van der Waals surface area (Å²) >= 11 is 0. The fourth-order valence-electron chi connectivity index (χ4n) is 2.07. The van der Waals surface area contributed by atoms with Crippen molar-refractivity contribution < 1.29 is 4.74 Å². The van der Waals surface area contributed by atoms with Crippen LogP contribution in [-0.2, 0) is 4.74 Å². The van der Waals surface area contributed by atoms with Crippen LogP contribution in [0.1, 0.15) is 17.2 Å². The van der Waals surface area contributed by atoms with Crippen LogP contribution in [0, 0.1) is 6.92 Å². The van der Waals surface area contributed by atoms with Gasteiger partial charge in [0.15, 0.2) is 0 Å². The lowest BCUT2D eigenvalue weighted by molar-refractivity contribution is 0.415. The Morgan fingerprint density at radius 2 is 1.75 bits per heavy atom. The topological polar surface area (TPSA) is 12.5 Å². The Bertz CT molecular complexity index is 498. The van der Waals surface area contributed by atoms with Gasteiger partial charge in [0.05, 0.1) is 6.61 Å². The van der Waals surface area contributed by atoms with Gasteiger partial charge in [-0.2, -0.15) is 0 Å². The molecule has 0 bridgehead atoms. The Morgan fingerprint density at radius 1 is 1.00 bits per heavy atom. The number of hydrogen-bond donors (Lipinski definition) is 0. The van der Waals surface area contributed by atoms with Gasteiger partial charge in [0, 0.05) is 0 Å². The van der Waals surface area contributed by atoms with E-state index in [0.29, 0.717) is 6.10 Å². The number of rotatable bonds is 2. The van der Waals surface area contributed by atoms with Gasteiger partial charge in [-0.3, -0.25) is 0 Å². The molecule has 0 N–H and O–H groups in total. The van der Waals surface area contributed by atoms with Gasteiger partial charge in [0.1, 0.15) is 6.10 Å². The van der Waals surface area contributed by atoms with Crippen LogP contribution in [0.15, 0.2) is 48.5 Å². The molecule has 0 aromatic heterocycles. The molecular weight excluding hydrogens is 196 g/mol. The van der Waals surface area contributed by atoms with Gasteiger partial charge in [0.25, 0.3) is 0 Å². The predicted octanol–water partition coefficient (Wildman–Crippen LogP) is 3.73. The Labute approximate surface area is 95.7 Å². The minimum Gasteiger partial charge on any atom is -0.368 e. The number of hydrogen-bond acceptors (Lipinski definition) is 1. The molecule has 2 aromatic carbocycles. The molecule has 0 saturated carbocycles. The van der Waals surface area contributed by atoms with Crippen LogP contribution in [0.3, 0.4) is 0 Å². The summed E-state index contributed by atoms with van der Waals surface area (Å²) in [5.74, 6) is 0. The fourth-order valence-corrected chi connectivity index (χ4v) is 2.07. The summed E-state index contributed by atoms with van der Waals surface area (Å²) in [5.41, 5.74) is 5.21. The van der Waals surface area contributed by atoms with Crippen molar-refractivity contribution in [1.82, 2.24) is 0 Å². The maximum absolute atomic E-state index is 5.32. The van der Waals surface area contributed by atoms with Crippen LogP contribution in [0.5, 0.6) is 0 Å². The molecule has 16 heavy (non-hydrogen) atoms. The summed E-state index contributed by atoms with van der Waals surface area (Å²) < 4.78 is 5.32. The minimum absolute atomic E-state index is 0.352. The van der Waals surface area contributed by atoms with Crippen LogP contribution in [0.2, 0.25) is 0 Å². The van der Waals surface area contributed by atoms with Gasteiger partial charge in [-0.05, 0) is 29.2 Å². The molecule has 1 aliphatic rings. The highest BCUT2D eigenvalue weighted by atomic mass is 16.6. The van der Waals surface area contributed by atoms with E-state index < -0.39 is 0 Å². The van der Waals surface area contributed by atoms with Crippen LogP contribution >= 0.6 is 0 Å². The molecule has 0 radical (unpaired) electrons. The summed E-state index contributed by atoms with van der Waals surface area (Å²) in [6.07, 6.45) is 0.352. The summed E-state index contributed by atoms with van der Waals surface area (Å²) in [4.78, 5) is 0. The van der Waals surface area contributed by atoms with Crippen molar-refractivity contribution in [3.8, 4) is 11.1 Å². The zero-order valence-electron chi connectivity index (χ0n) is 9.31. The summed E-state index contributed by atoms with van der Waals surface area (Å²) in [6, 6.07) is 17.1. The van der Waals surface area contributed by atoms with E-state index in [0.717, 1.165) is 6.61 Å². The maximum atomic E-state index is 5.32. The van der Waals surface area contributed by atoms with Gasteiger partial charge in [-0.25, -0.2) is 0 Å². The third kappa shape index (κ3) is 1.74. The first-order valence-electron chi connectivity index (χ1n) is 5.62. The molecule has 1 heterocycles. The molecule has 0 amide bonds. The Kier molecular flexibility index (Phi) is 2.26.